The molecule has 0 bridgehead atoms. The van der Waals surface area contributed by atoms with Crippen LogP contribution in [0.3, 0.4) is 0 Å². The molecule has 1 heterocycles. The van der Waals surface area contributed by atoms with Crippen LogP contribution in [0.4, 0.5) is 11.4 Å². The van der Waals surface area contributed by atoms with Gasteiger partial charge in [-0.25, -0.2) is 0 Å². The lowest BCUT2D eigenvalue weighted by Crippen LogP contribution is -2.35. The molecular formula is C22H35N3O2. The zero-order valence-electron chi connectivity index (χ0n) is 17.5. The van der Waals surface area contributed by atoms with E-state index >= 15 is 0 Å². The fourth-order valence-corrected chi connectivity index (χ4v) is 3.30. The Labute approximate surface area is 163 Å². The van der Waals surface area contributed by atoms with Crippen molar-refractivity contribution in [3.05, 3.63) is 23.8 Å². The molecule has 1 aliphatic heterocycles. The van der Waals surface area contributed by atoms with Crippen LogP contribution in [0.2, 0.25) is 0 Å². The quantitative estimate of drug-likeness (QED) is 0.749. The molecule has 1 aromatic rings. The molecule has 1 saturated heterocycles. The minimum Gasteiger partial charge on any atom is -0.371 e. The van der Waals surface area contributed by atoms with E-state index in [0.717, 1.165) is 37.5 Å². The number of nitrogens with one attached hydrogen (secondary N) is 2. The van der Waals surface area contributed by atoms with Gasteiger partial charge in [-0.15, -0.1) is 0 Å². The van der Waals surface area contributed by atoms with Gasteiger partial charge < -0.3 is 15.5 Å². The number of hydrogen-bond acceptors (Lipinski definition) is 3. The number of carbonyl (C=O) groups excluding carboxylic acids is 2. The summed E-state index contributed by atoms with van der Waals surface area (Å²) >= 11 is 0. The number of anilines is 2. The number of hydrogen-bond donors (Lipinski definition) is 2. The molecule has 1 fully saturated rings. The van der Waals surface area contributed by atoms with E-state index in [9.17, 15) is 9.59 Å². The van der Waals surface area contributed by atoms with E-state index in [1.807, 2.05) is 32.0 Å². The molecule has 2 rings (SSSR count). The SMILES string of the molecule is CC(C)CNC(=O)c1cc(NC(=O)CC(C)C)ccc1N1CCC(C)CC1. The summed E-state index contributed by atoms with van der Waals surface area (Å²) in [5.74, 6) is 1.33. The second-order valence-electron chi connectivity index (χ2n) is 8.65. The molecule has 0 saturated carbocycles. The highest BCUT2D eigenvalue weighted by Crippen LogP contribution is 2.29. The molecular weight excluding hydrogens is 338 g/mol. The van der Waals surface area contributed by atoms with Crippen LogP contribution in [0.5, 0.6) is 0 Å². The Morgan fingerprint density at radius 2 is 1.78 bits per heavy atom. The summed E-state index contributed by atoms with van der Waals surface area (Å²) in [5, 5.41) is 5.95. The Kier molecular flexibility index (Phi) is 7.69. The highest BCUT2D eigenvalue weighted by molar-refractivity contribution is 6.02. The second-order valence-corrected chi connectivity index (χ2v) is 8.65. The minimum atomic E-state index is -0.0720. The Morgan fingerprint density at radius 3 is 2.37 bits per heavy atom. The van der Waals surface area contributed by atoms with Gasteiger partial charge in [0.2, 0.25) is 5.91 Å². The predicted molar refractivity (Wildman–Crippen MR) is 112 cm³/mol. The Hall–Kier alpha value is -2.04. The number of carbonyl (C=O) groups is 2. The van der Waals surface area contributed by atoms with E-state index in [-0.39, 0.29) is 11.8 Å². The van der Waals surface area contributed by atoms with Crippen molar-refractivity contribution in [1.29, 1.82) is 0 Å². The van der Waals surface area contributed by atoms with Crippen molar-refractivity contribution in [2.24, 2.45) is 17.8 Å². The number of rotatable bonds is 7. The standard InChI is InChI=1S/C22H35N3O2/c1-15(2)12-21(26)24-18-6-7-20(25-10-8-17(5)9-11-25)19(13-18)22(27)23-14-16(3)4/h6-7,13,15-17H,8-12,14H2,1-5H3,(H,23,27)(H,24,26). The zero-order valence-corrected chi connectivity index (χ0v) is 17.5. The van der Waals surface area contributed by atoms with E-state index in [1.165, 1.54) is 0 Å². The summed E-state index contributed by atoms with van der Waals surface area (Å²) in [4.78, 5) is 27.3. The van der Waals surface area contributed by atoms with Crippen LogP contribution in [0.1, 0.15) is 64.2 Å². The maximum Gasteiger partial charge on any atom is 0.253 e. The van der Waals surface area contributed by atoms with Gasteiger partial charge >= 0.3 is 0 Å². The molecule has 5 nitrogen and oxygen atoms in total. The summed E-state index contributed by atoms with van der Waals surface area (Å²) in [7, 11) is 0. The molecule has 0 radical (unpaired) electrons. The van der Waals surface area contributed by atoms with E-state index in [1.54, 1.807) is 0 Å². The molecule has 2 N–H and O–H groups in total. The van der Waals surface area contributed by atoms with Crippen molar-refractivity contribution in [3.8, 4) is 0 Å². The summed E-state index contributed by atoms with van der Waals surface area (Å²) in [6.45, 7) is 13.0. The van der Waals surface area contributed by atoms with Crippen LogP contribution >= 0.6 is 0 Å². The van der Waals surface area contributed by atoms with Gasteiger partial charge in [0, 0.05) is 37.4 Å². The van der Waals surface area contributed by atoms with Gasteiger partial charge in [-0.2, -0.15) is 0 Å². The average molecular weight is 374 g/mol. The molecule has 0 spiro atoms. The third-order valence-corrected chi connectivity index (χ3v) is 4.91. The monoisotopic (exact) mass is 373 g/mol. The van der Waals surface area contributed by atoms with E-state index in [2.05, 4.69) is 36.3 Å². The second kappa shape index (κ2) is 9.77. The molecule has 27 heavy (non-hydrogen) atoms. The first-order valence-electron chi connectivity index (χ1n) is 10.2. The van der Waals surface area contributed by atoms with Gasteiger partial charge in [-0.3, -0.25) is 9.59 Å². The molecule has 0 unspecified atom stereocenters. The maximum absolute atomic E-state index is 12.8. The molecule has 2 amide bonds. The van der Waals surface area contributed by atoms with E-state index < -0.39 is 0 Å². The van der Waals surface area contributed by atoms with Crippen molar-refractivity contribution in [1.82, 2.24) is 5.32 Å². The first-order valence-corrected chi connectivity index (χ1v) is 10.2. The molecule has 1 aliphatic rings. The number of amides is 2. The van der Waals surface area contributed by atoms with E-state index in [4.69, 9.17) is 0 Å². The lowest BCUT2D eigenvalue weighted by Gasteiger charge is -2.33. The highest BCUT2D eigenvalue weighted by atomic mass is 16.2. The fraction of sp³-hybridized carbons (Fsp3) is 0.636. The molecule has 0 atom stereocenters. The summed E-state index contributed by atoms with van der Waals surface area (Å²) in [6.07, 6.45) is 2.75. The fourth-order valence-electron chi connectivity index (χ4n) is 3.30. The third-order valence-electron chi connectivity index (χ3n) is 4.91. The highest BCUT2D eigenvalue weighted by Gasteiger charge is 2.22. The van der Waals surface area contributed by atoms with Crippen molar-refractivity contribution in [2.75, 3.05) is 29.9 Å². The number of piperidine rings is 1. The predicted octanol–water partition coefficient (Wildman–Crippen LogP) is 4.29. The summed E-state index contributed by atoms with van der Waals surface area (Å²) < 4.78 is 0. The van der Waals surface area contributed by atoms with Crippen molar-refractivity contribution < 1.29 is 9.59 Å². The number of benzene rings is 1. The Morgan fingerprint density at radius 1 is 1.11 bits per heavy atom. The molecule has 5 heteroatoms. The zero-order chi connectivity index (χ0) is 20.0. The first-order chi connectivity index (χ1) is 12.8. The smallest absolute Gasteiger partial charge is 0.253 e. The van der Waals surface area contributed by atoms with Crippen molar-refractivity contribution in [2.45, 2.75) is 53.9 Å². The van der Waals surface area contributed by atoms with Gasteiger partial charge in [0.1, 0.15) is 0 Å². The maximum atomic E-state index is 12.8. The minimum absolute atomic E-state index is 0.0157. The van der Waals surface area contributed by atoms with E-state index in [0.29, 0.717) is 36.1 Å². The van der Waals surface area contributed by atoms with Crippen LogP contribution in [-0.4, -0.2) is 31.4 Å². The van der Waals surface area contributed by atoms with Crippen molar-refractivity contribution >= 4 is 23.2 Å². The van der Waals surface area contributed by atoms with Crippen LogP contribution in [0.25, 0.3) is 0 Å². The summed E-state index contributed by atoms with van der Waals surface area (Å²) in [5.41, 5.74) is 2.29. The largest absolute Gasteiger partial charge is 0.371 e. The van der Waals surface area contributed by atoms with Gasteiger partial charge in [0.05, 0.1) is 5.56 Å². The average Bonchev–Trinajstić information content (AvgIpc) is 2.59. The lowest BCUT2D eigenvalue weighted by molar-refractivity contribution is -0.116. The number of nitrogens with zero attached hydrogens (tertiary/aromatic N) is 1. The Balaban J connectivity index is 2.23. The normalized spacial score (nSPS) is 15.3. The molecule has 150 valence electrons. The van der Waals surface area contributed by atoms with Gasteiger partial charge in [-0.1, -0.05) is 34.6 Å². The summed E-state index contributed by atoms with van der Waals surface area (Å²) in [6, 6.07) is 5.71. The van der Waals surface area contributed by atoms with Crippen LogP contribution in [0, 0.1) is 17.8 Å². The van der Waals surface area contributed by atoms with Gasteiger partial charge in [-0.05, 0) is 48.8 Å². The molecule has 0 aromatic heterocycles. The van der Waals surface area contributed by atoms with Crippen molar-refractivity contribution in [3.63, 3.8) is 0 Å². The van der Waals surface area contributed by atoms with Gasteiger partial charge in [0.15, 0.2) is 0 Å². The van der Waals surface area contributed by atoms with Crippen LogP contribution in [-0.2, 0) is 4.79 Å². The third kappa shape index (κ3) is 6.56. The first kappa shape index (κ1) is 21.3. The van der Waals surface area contributed by atoms with Gasteiger partial charge in [0.25, 0.3) is 5.91 Å². The lowest BCUT2D eigenvalue weighted by atomic mass is 9.97. The topological polar surface area (TPSA) is 61.4 Å². The molecule has 1 aromatic carbocycles. The van der Waals surface area contributed by atoms with Crippen LogP contribution < -0.4 is 15.5 Å². The molecule has 0 aliphatic carbocycles. The van der Waals surface area contributed by atoms with Crippen LogP contribution in [0.15, 0.2) is 18.2 Å². The Bertz CT molecular complexity index is 647.